The Balaban J connectivity index is 1.75. The average Bonchev–Trinajstić information content (AvgIpc) is 2.91. The minimum absolute atomic E-state index is 0.160. The van der Waals surface area contributed by atoms with Crippen molar-refractivity contribution < 1.29 is 28.5 Å². The molecule has 6 heteroatoms. The first-order chi connectivity index (χ1) is 17.7. The van der Waals surface area contributed by atoms with Gasteiger partial charge in [-0.15, -0.1) is 0 Å². The summed E-state index contributed by atoms with van der Waals surface area (Å²) in [5.74, 6) is -0.797. The number of Topliss-reactive ketones (excluding diaryl/α,β-unsaturated/α-hetero) is 1. The molecule has 0 unspecified atom stereocenters. The van der Waals surface area contributed by atoms with Gasteiger partial charge in [-0.2, -0.15) is 0 Å². The van der Waals surface area contributed by atoms with Gasteiger partial charge in [0.15, 0.2) is 5.78 Å². The van der Waals surface area contributed by atoms with Gasteiger partial charge in [-0.3, -0.25) is 4.79 Å². The van der Waals surface area contributed by atoms with E-state index in [0.717, 1.165) is 16.7 Å². The Kier molecular flexibility index (Phi) is 11.6. The van der Waals surface area contributed by atoms with Gasteiger partial charge in [0.1, 0.15) is 18.8 Å². The Bertz CT molecular complexity index is 1070. The molecule has 0 radical (unpaired) electrons. The lowest BCUT2D eigenvalue weighted by atomic mass is 10.1. The van der Waals surface area contributed by atoms with Crippen molar-refractivity contribution in [1.82, 2.24) is 0 Å². The second-order valence-corrected chi connectivity index (χ2v) is 8.03. The van der Waals surface area contributed by atoms with Gasteiger partial charge in [-0.05, 0) is 29.7 Å². The predicted octanol–water partition coefficient (Wildman–Crippen LogP) is 5.06. The van der Waals surface area contributed by atoms with Crippen LogP contribution in [-0.2, 0) is 48.4 Å². The summed E-state index contributed by atoms with van der Waals surface area (Å²) in [6.45, 7) is 2.56. The van der Waals surface area contributed by atoms with Gasteiger partial charge < -0.3 is 18.9 Å². The van der Waals surface area contributed by atoms with Crippen LogP contribution < -0.4 is 0 Å². The highest BCUT2D eigenvalue weighted by Crippen LogP contribution is 2.15. The SMILES string of the molecule is CCOC(=O)/C=C\[C@@H](OCc1ccccc1)[C@H](OCc1ccccc1)C(=O)COCc1ccccc1. The Morgan fingerprint density at radius 2 is 1.22 bits per heavy atom. The summed E-state index contributed by atoms with van der Waals surface area (Å²) in [5.41, 5.74) is 2.81. The monoisotopic (exact) mass is 488 g/mol. The first-order valence-corrected chi connectivity index (χ1v) is 12.0. The summed E-state index contributed by atoms with van der Waals surface area (Å²) >= 11 is 0. The molecule has 0 saturated heterocycles. The fourth-order valence-electron chi connectivity index (χ4n) is 3.43. The standard InChI is InChI=1S/C30H32O6/c1-2-34-29(32)19-18-28(35-21-25-14-8-4-9-15-25)30(36-22-26-16-10-5-11-17-26)27(31)23-33-20-24-12-6-3-7-13-24/h3-19,28,30H,2,20-23H2,1H3/b19-18-/t28-,30-/m1/s1. The Morgan fingerprint density at radius 3 is 1.75 bits per heavy atom. The molecule has 3 rings (SSSR count). The smallest absolute Gasteiger partial charge is 0.330 e. The molecule has 3 aromatic rings. The third-order valence-electron chi connectivity index (χ3n) is 5.24. The van der Waals surface area contributed by atoms with E-state index in [2.05, 4.69) is 0 Å². The second-order valence-electron chi connectivity index (χ2n) is 8.03. The van der Waals surface area contributed by atoms with Gasteiger partial charge in [0.25, 0.3) is 0 Å². The molecule has 3 aromatic carbocycles. The van der Waals surface area contributed by atoms with Crippen molar-refractivity contribution in [2.75, 3.05) is 13.2 Å². The molecule has 0 spiro atoms. The van der Waals surface area contributed by atoms with Crippen molar-refractivity contribution in [2.24, 2.45) is 0 Å². The van der Waals surface area contributed by atoms with Gasteiger partial charge in [-0.25, -0.2) is 4.79 Å². The zero-order valence-electron chi connectivity index (χ0n) is 20.5. The maximum atomic E-state index is 13.3. The Labute approximate surface area is 212 Å². The Hall–Kier alpha value is -3.58. The largest absolute Gasteiger partial charge is 0.463 e. The first kappa shape index (κ1) is 27.0. The molecule has 6 nitrogen and oxygen atoms in total. The molecule has 0 heterocycles. The average molecular weight is 489 g/mol. The molecule has 36 heavy (non-hydrogen) atoms. The third kappa shape index (κ3) is 9.58. The van der Waals surface area contributed by atoms with Gasteiger partial charge in [-0.1, -0.05) is 91.0 Å². The van der Waals surface area contributed by atoms with Crippen molar-refractivity contribution in [1.29, 1.82) is 0 Å². The van der Waals surface area contributed by atoms with Crippen LogP contribution in [0.4, 0.5) is 0 Å². The molecule has 0 aromatic heterocycles. The van der Waals surface area contributed by atoms with E-state index in [-0.39, 0.29) is 32.2 Å². The fourth-order valence-corrected chi connectivity index (χ4v) is 3.43. The summed E-state index contributed by atoms with van der Waals surface area (Å²) in [6.07, 6.45) is 0.975. The zero-order chi connectivity index (χ0) is 25.4. The molecule has 0 amide bonds. The number of benzene rings is 3. The van der Waals surface area contributed by atoms with E-state index in [1.165, 1.54) is 12.2 Å². The molecule has 0 N–H and O–H groups in total. The molecule has 0 aliphatic carbocycles. The third-order valence-corrected chi connectivity index (χ3v) is 5.24. The lowest BCUT2D eigenvalue weighted by Gasteiger charge is -2.25. The summed E-state index contributed by atoms with van der Waals surface area (Å²) in [6, 6.07) is 28.8. The second kappa shape index (κ2) is 15.4. The van der Waals surface area contributed by atoms with E-state index in [0.29, 0.717) is 6.61 Å². The normalized spacial score (nSPS) is 12.8. The van der Waals surface area contributed by atoms with Crippen molar-refractivity contribution in [3.05, 3.63) is 120 Å². The highest BCUT2D eigenvalue weighted by molar-refractivity contribution is 5.86. The van der Waals surface area contributed by atoms with Crippen LogP contribution in [0.25, 0.3) is 0 Å². The number of carbonyl (C=O) groups is 2. The van der Waals surface area contributed by atoms with Crippen LogP contribution >= 0.6 is 0 Å². The zero-order valence-corrected chi connectivity index (χ0v) is 20.5. The summed E-state index contributed by atoms with van der Waals surface area (Å²) in [7, 11) is 0. The van der Waals surface area contributed by atoms with Crippen LogP contribution in [0.15, 0.2) is 103 Å². The van der Waals surface area contributed by atoms with Gasteiger partial charge in [0, 0.05) is 6.08 Å². The number of esters is 1. The van der Waals surface area contributed by atoms with Crippen molar-refractivity contribution in [3.63, 3.8) is 0 Å². The molecule has 0 saturated carbocycles. The van der Waals surface area contributed by atoms with Crippen molar-refractivity contribution in [3.8, 4) is 0 Å². The molecule has 2 atom stereocenters. The van der Waals surface area contributed by atoms with E-state index in [1.807, 2.05) is 91.0 Å². The van der Waals surface area contributed by atoms with Crippen molar-refractivity contribution in [2.45, 2.75) is 39.0 Å². The van der Waals surface area contributed by atoms with Gasteiger partial charge in [0.2, 0.25) is 0 Å². The minimum atomic E-state index is -0.990. The number of ether oxygens (including phenoxy) is 4. The highest BCUT2D eigenvalue weighted by Gasteiger charge is 2.29. The maximum absolute atomic E-state index is 13.3. The molecule has 0 aliphatic rings. The van der Waals surface area contributed by atoms with Crippen LogP contribution in [-0.4, -0.2) is 37.2 Å². The molecule has 188 valence electrons. The van der Waals surface area contributed by atoms with E-state index in [1.54, 1.807) is 6.92 Å². The predicted molar refractivity (Wildman–Crippen MR) is 137 cm³/mol. The van der Waals surface area contributed by atoms with E-state index < -0.39 is 18.2 Å². The number of carbonyl (C=O) groups excluding carboxylic acids is 2. The molecule has 0 bridgehead atoms. The number of ketones is 1. The van der Waals surface area contributed by atoms with E-state index in [9.17, 15) is 9.59 Å². The van der Waals surface area contributed by atoms with Crippen LogP contribution in [0.1, 0.15) is 23.6 Å². The van der Waals surface area contributed by atoms with Crippen molar-refractivity contribution >= 4 is 11.8 Å². The summed E-state index contributed by atoms with van der Waals surface area (Å²) < 4.78 is 22.9. The molecular formula is C30H32O6. The van der Waals surface area contributed by atoms with Crippen LogP contribution in [0.2, 0.25) is 0 Å². The minimum Gasteiger partial charge on any atom is -0.463 e. The van der Waals surface area contributed by atoms with E-state index in [4.69, 9.17) is 18.9 Å². The fraction of sp³-hybridized carbons (Fsp3) is 0.267. The summed E-state index contributed by atoms with van der Waals surface area (Å²) in [5, 5.41) is 0. The Morgan fingerprint density at radius 1 is 0.722 bits per heavy atom. The topological polar surface area (TPSA) is 71.1 Å². The highest BCUT2D eigenvalue weighted by atomic mass is 16.5. The van der Waals surface area contributed by atoms with Crippen LogP contribution in [0.3, 0.4) is 0 Å². The molecular weight excluding hydrogens is 456 g/mol. The lowest BCUT2D eigenvalue weighted by molar-refractivity contribution is -0.146. The number of rotatable bonds is 15. The first-order valence-electron chi connectivity index (χ1n) is 12.0. The summed E-state index contributed by atoms with van der Waals surface area (Å²) in [4.78, 5) is 25.3. The van der Waals surface area contributed by atoms with E-state index >= 15 is 0 Å². The number of hydrogen-bond acceptors (Lipinski definition) is 6. The maximum Gasteiger partial charge on any atom is 0.330 e. The van der Waals surface area contributed by atoms with Crippen LogP contribution in [0, 0.1) is 0 Å². The lowest BCUT2D eigenvalue weighted by Crippen LogP contribution is -2.39. The van der Waals surface area contributed by atoms with Gasteiger partial charge in [0.05, 0.1) is 26.4 Å². The quantitative estimate of drug-likeness (QED) is 0.220. The molecule has 0 fully saturated rings. The van der Waals surface area contributed by atoms with Crippen LogP contribution in [0.5, 0.6) is 0 Å². The van der Waals surface area contributed by atoms with Gasteiger partial charge >= 0.3 is 5.97 Å². The number of hydrogen-bond donors (Lipinski definition) is 0. The molecule has 0 aliphatic heterocycles.